The molecule has 3 aromatic rings. The number of hydrogen-bond acceptors (Lipinski definition) is 5. The molecule has 0 spiro atoms. The number of halogens is 3. The lowest BCUT2D eigenvalue weighted by Gasteiger charge is -2.35. The Labute approximate surface area is 236 Å². The molecule has 1 aliphatic carbocycles. The van der Waals surface area contributed by atoms with Gasteiger partial charge in [0.2, 0.25) is 0 Å². The largest absolute Gasteiger partial charge is 0.416 e. The fourth-order valence-corrected chi connectivity index (χ4v) is 5.13. The minimum absolute atomic E-state index is 0.0748. The van der Waals surface area contributed by atoms with E-state index >= 15 is 0 Å². The highest BCUT2D eigenvalue weighted by atomic mass is 19.4. The predicted octanol–water partition coefficient (Wildman–Crippen LogP) is 5.04. The summed E-state index contributed by atoms with van der Waals surface area (Å²) < 4.78 is 47.6. The minimum atomic E-state index is -4.61. The van der Waals surface area contributed by atoms with Gasteiger partial charge in [0.15, 0.2) is 5.60 Å². The van der Waals surface area contributed by atoms with E-state index in [-0.39, 0.29) is 29.6 Å². The van der Waals surface area contributed by atoms with Crippen molar-refractivity contribution in [3.8, 4) is 0 Å². The zero-order valence-electron chi connectivity index (χ0n) is 23.6. The number of H-pyrrole nitrogens is 1. The van der Waals surface area contributed by atoms with Gasteiger partial charge in [0.05, 0.1) is 23.7 Å². The lowest BCUT2D eigenvalue weighted by molar-refractivity contribution is -0.265. The fourth-order valence-electron chi connectivity index (χ4n) is 5.13. The standard InChI is InChI=1S/C28H36F3N7O3/c1-16(2)38-22(10-12-33-38)25(39)36-21(15-41-27(3,4)28(29,30)31)24-34-19-9-8-18(14-20(19)35-24)23(17-6-7-17)37-13-5-11-32-26(37)40/h8-10,12,14,16-17,21,23H,5-7,11,13,15H2,1-4H3,(H,32,40)(H,34,35)(H,36,39). The molecule has 2 atom stereocenters. The van der Waals surface area contributed by atoms with Crippen molar-refractivity contribution in [3.05, 3.63) is 47.5 Å². The third-order valence-electron chi connectivity index (χ3n) is 7.70. The first-order chi connectivity index (χ1) is 19.4. The van der Waals surface area contributed by atoms with E-state index in [0.717, 1.165) is 38.7 Å². The van der Waals surface area contributed by atoms with Crippen molar-refractivity contribution >= 4 is 23.0 Å². The number of alkyl halides is 3. The second-order valence-corrected chi connectivity index (χ2v) is 11.6. The number of ether oxygens (including phenoxy) is 1. The van der Waals surface area contributed by atoms with E-state index in [1.54, 1.807) is 6.07 Å². The summed E-state index contributed by atoms with van der Waals surface area (Å²) in [6.45, 7) is 6.49. The van der Waals surface area contributed by atoms with Crippen LogP contribution in [0.3, 0.4) is 0 Å². The van der Waals surface area contributed by atoms with Gasteiger partial charge in [0.25, 0.3) is 5.91 Å². The summed E-state index contributed by atoms with van der Waals surface area (Å²) in [5.41, 5.74) is 0.0280. The first kappa shape index (κ1) is 28.9. The molecular formula is C28H36F3N7O3. The summed E-state index contributed by atoms with van der Waals surface area (Å²) in [6, 6.07) is 5.99. The lowest BCUT2D eigenvalue weighted by Crippen LogP contribution is -2.48. The fraction of sp³-hybridized carbons (Fsp3) is 0.571. The molecule has 2 fully saturated rings. The van der Waals surface area contributed by atoms with Gasteiger partial charge in [-0.1, -0.05) is 6.07 Å². The van der Waals surface area contributed by atoms with Crippen LogP contribution in [0.15, 0.2) is 30.5 Å². The molecule has 2 aliphatic rings. The van der Waals surface area contributed by atoms with Crippen LogP contribution in [0.4, 0.5) is 18.0 Å². The molecule has 3 amide bonds. The van der Waals surface area contributed by atoms with Crippen molar-refractivity contribution in [1.82, 2.24) is 35.3 Å². The van der Waals surface area contributed by atoms with Crippen molar-refractivity contribution in [1.29, 1.82) is 0 Å². The molecule has 3 heterocycles. The Kier molecular flexibility index (Phi) is 7.75. The van der Waals surface area contributed by atoms with E-state index in [1.165, 1.54) is 10.9 Å². The molecule has 1 aliphatic heterocycles. The number of aromatic amines is 1. The molecule has 41 heavy (non-hydrogen) atoms. The highest BCUT2D eigenvalue weighted by Gasteiger charge is 2.49. The zero-order valence-corrected chi connectivity index (χ0v) is 23.6. The van der Waals surface area contributed by atoms with E-state index in [1.807, 2.05) is 36.9 Å². The maximum Gasteiger partial charge on any atom is 0.416 e. The molecule has 5 rings (SSSR count). The monoisotopic (exact) mass is 575 g/mol. The Morgan fingerprint density at radius 2 is 1.98 bits per heavy atom. The van der Waals surface area contributed by atoms with Gasteiger partial charge in [0, 0.05) is 25.3 Å². The summed E-state index contributed by atoms with van der Waals surface area (Å²) in [5, 5.41) is 9.90. The molecule has 2 unspecified atom stereocenters. The smallest absolute Gasteiger partial charge is 0.364 e. The molecule has 2 aromatic heterocycles. The molecule has 222 valence electrons. The number of benzene rings is 1. The number of nitrogens with zero attached hydrogens (tertiary/aromatic N) is 4. The summed E-state index contributed by atoms with van der Waals surface area (Å²) in [7, 11) is 0. The van der Waals surface area contributed by atoms with Gasteiger partial charge in [-0.15, -0.1) is 0 Å². The second-order valence-electron chi connectivity index (χ2n) is 11.6. The Morgan fingerprint density at radius 1 is 1.22 bits per heavy atom. The average Bonchev–Trinajstić information content (AvgIpc) is 3.43. The van der Waals surface area contributed by atoms with E-state index in [9.17, 15) is 22.8 Å². The van der Waals surface area contributed by atoms with Gasteiger partial charge >= 0.3 is 12.2 Å². The van der Waals surface area contributed by atoms with Crippen molar-refractivity contribution in [2.45, 2.75) is 76.9 Å². The van der Waals surface area contributed by atoms with Crippen molar-refractivity contribution in [2.75, 3.05) is 19.7 Å². The molecule has 1 saturated heterocycles. The van der Waals surface area contributed by atoms with Crippen molar-refractivity contribution in [2.24, 2.45) is 5.92 Å². The van der Waals surface area contributed by atoms with Crippen LogP contribution in [0.5, 0.6) is 0 Å². The van der Waals surface area contributed by atoms with Crippen LogP contribution in [-0.4, -0.2) is 68.1 Å². The van der Waals surface area contributed by atoms with Gasteiger partial charge in [0.1, 0.15) is 17.6 Å². The number of nitrogens with one attached hydrogen (secondary N) is 3. The summed E-state index contributed by atoms with van der Waals surface area (Å²) >= 11 is 0. The first-order valence-corrected chi connectivity index (χ1v) is 13.9. The van der Waals surface area contributed by atoms with Gasteiger partial charge in [-0.3, -0.25) is 9.48 Å². The Morgan fingerprint density at radius 3 is 2.63 bits per heavy atom. The van der Waals surface area contributed by atoms with Gasteiger partial charge < -0.3 is 25.3 Å². The number of amides is 3. The van der Waals surface area contributed by atoms with E-state index in [2.05, 4.69) is 25.7 Å². The van der Waals surface area contributed by atoms with Crippen LogP contribution in [0.1, 0.15) is 87.0 Å². The summed E-state index contributed by atoms with van der Waals surface area (Å²) in [6.07, 6.45) is -0.174. The van der Waals surface area contributed by atoms with Gasteiger partial charge in [-0.2, -0.15) is 18.3 Å². The van der Waals surface area contributed by atoms with Crippen LogP contribution >= 0.6 is 0 Å². The third kappa shape index (κ3) is 6.04. The highest BCUT2D eigenvalue weighted by Crippen LogP contribution is 2.45. The van der Waals surface area contributed by atoms with Crippen LogP contribution in [0.2, 0.25) is 0 Å². The summed E-state index contributed by atoms with van der Waals surface area (Å²) in [4.78, 5) is 35.6. The number of imidazole rings is 1. The summed E-state index contributed by atoms with van der Waals surface area (Å²) in [5.74, 6) is 0.118. The van der Waals surface area contributed by atoms with Crippen LogP contribution in [0, 0.1) is 5.92 Å². The minimum Gasteiger partial charge on any atom is -0.364 e. The lowest BCUT2D eigenvalue weighted by atomic mass is 9.99. The Hall–Kier alpha value is -3.61. The number of hydrogen-bond donors (Lipinski definition) is 3. The molecule has 10 nitrogen and oxygen atoms in total. The molecular weight excluding hydrogens is 539 g/mol. The number of carbonyl (C=O) groups excluding carboxylic acids is 2. The Bertz CT molecular complexity index is 1410. The molecule has 3 N–H and O–H groups in total. The predicted molar refractivity (Wildman–Crippen MR) is 145 cm³/mol. The number of urea groups is 1. The molecule has 13 heteroatoms. The average molecular weight is 576 g/mol. The van der Waals surface area contributed by atoms with Crippen molar-refractivity contribution in [3.63, 3.8) is 0 Å². The van der Waals surface area contributed by atoms with Crippen LogP contribution in [0.25, 0.3) is 11.0 Å². The number of aromatic nitrogens is 4. The maximum absolute atomic E-state index is 13.6. The van der Waals surface area contributed by atoms with Crippen LogP contribution < -0.4 is 10.6 Å². The maximum atomic E-state index is 13.6. The van der Waals surface area contributed by atoms with Gasteiger partial charge in [-0.05, 0) is 76.6 Å². The first-order valence-electron chi connectivity index (χ1n) is 13.9. The quantitative estimate of drug-likeness (QED) is 0.313. The number of carbonyl (C=O) groups is 2. The number of rotatable bonds is 10. The molecule has 0 radical (unpaired) electrons. The number of fused-ring (bicyclic) bond motifs is 1. The molecule has 1 saturated carbocycles. The topological polar surface area (TPSA) is 117 Å². The van der Waals surface area contributed by atoms with Gasteiger partial charge in [-0.25, -0.2) is 9.78 Å². The van der Waals surface area contributed by atoms with E-state index in [4.69, 9.17) is 4.74 Å². The van der Waals surface area contributed by atoms with Crippen LogP contribution in [-0.2, 0) is 4.74 Å². The van der Waals surface area contributed by atoms with Crippen molar-refractivity contribution < 1.29 is 27.5 Å². The Balaban J connectivity index is 1.45. The molecule has 1 aromatic carbocycles. The second kappa shape index (κ2) is 11.0. The zero-order chi connectivity index (χ0) is 29.5. The SMILES string of the molecule is CC(C)n1nccc1C(=O)NC(COC(C)(C)C(F)(F)F)c1nc2ccc(C(C3CC3)N3CCCNC3=O)cc2[nH]1. The third-order valence-corrected chi connectivity index (χ3v) is 7.70. The highest BCUT2D eigenvalue weighted by molar-refractivity contribution is 5.92. The van der Waals surface area contributed by atoms with E-state index in [0.29, 0.717) is 30.0 Å². The molecule has 0 bridgehead atoms. The van der Waals surface area contributed by atoms with E-state index < -0.39 is 30.3 Å². The normalized spacial score (nSPS) is 18.0.